The Balaban J connectivity index is 1.85. The molecule has 0 aliphatic heterocycles. The number of amides is 1. The van der Waals surface area contributed by atoms with E-state index in [0.29, 0.717) is 23.4 Å². The maximum Gasteiger partial charge on any atom is 0.285 e. The molecule has 2 aromatic carbocycles. The molecule has 0 atom stereocenters. The number of para-hydroxylation sites is 1. The summed E-state index contributed by atoms with van der Waals surface area (Å²) in [5, 5.41) is 18.4. The molecule has 1 aromatic heterocycles. The Morgan fingerprint density at radius 3 is 2.47 bits per heavy atom. The molecule has 1 heterocycles. The summed E-state index contributed by atoms with van der Waals surface area (Å²) in [4.78, 5) is 12.4. The van der Waals surface area contributed by atoms with Crippen molar-refractivity contribution in [1.29, 1.82) is 0 Å². The number of aromatic hydroxyl groups is 1. The number of carbonyl (C=O) groups is 1. The van der Waals surface area contributed by atoms with Crippen molar-refractivity contribution in [2.75, 3.05) is 23.7 Å². The Morgan fingerprint density at radius 2 is 1.83 bits per heavy atom. The minimum Gasteiger partial charge on any atom is -0.494 e. The maximum absolute atomic E-state index is 12.4. The predicted molar refractivity (Wildman–Crippen MR) is 114 cm³/mol. The van der Waals surface area contributed by atoms with Crippen LogP contribution in [0.25, 0.3) is 10.9 Å². The van der Waals surface area contributed by atoms with Crippen LogP contribution in [0.4, 0.5) is 11.4 Å². The van der Waals surface area contributed by atoms with E-state index in [1.165, 1.54) is 4.57 Å². The van der Waals surface area contributed by atoms with Gasteiger partial charge in [-0.05, 0) is 37.3 Å². The minimum atomic E-state index is -3.74. The van der Waals surface area contributed by atoms with Crippen molar-refractivity contribution in [3.8, 4) is 11.6 Å². The molecule has 0 fully saturated rings. The van der Waals surface area contributed by atoms with E-state index in [-0.39, 0.29) is 11.6 Å². The van der Waals surface area contributed by atoms with Gasteiger partial charge in [0, 0.05) is 12.4 Å². The summed E-state index contributed by atoms with van der Waals surface area (Å²) in [7, 11) is -2.08. The van der Waals surface area contributed by atoms with Crippen LogP contribution >= 0.6 is 0 Å². The van der Waals surface area contributed by atoms with Crippen LogP contribution in [0, 0.1) is 0 Å². The van der Waals surface area contributed by atoms with Crippen molar-refractivity contribution >= 4 is 38.2 Å². The van der Waals surface area contributed by atoms with E-state index in [4.69, 9.17) is 4.74 Å². The standard InChI is InChI=1S/C20H22N4O5S/c1-4-29-15-11-9-14(10-12-15)24(30(3,27)28)13-18(25)21-22-19-16-7-5-6-8-17(16)23(2)20(19)26/h5-12,26H,4,13H2,1-3H3. The van der Waals surface area contributed by atoms with E-state index >= 15 is 0 Å². The predicted octanol–water partition coefficient (Wildman–Crippen LogP) is 3.36. The molecular formula is C20H22N4O5S. The second kappa shape index (κ2) is 8.54. The molecule has 0 aliphatic rings. The monoisotopic (exact) mass is 430 g/mol. The zero-order valence-electron chi connectivity index (χ0n) is 16.8. The fraction of sp³-hybridized carbons (Fsp3) is 0.250. The molecule has 0 saturated carbocycles. The zero-order chi connectivity index (χ0) is 21.9. The van der Waals surface area contributed by atoms with Gasteiger partial charge in [0.2, 0.25) is 15.9 Å². The van der Waals surface area contributed by atoms with Crippen molar-refractivity contribution in [2.24, 2.45) is 17.3 Å². The highest BCUT2D eigenvalue weighted by molar-refractivity contribution is 7.92. The first-order chi connectivity index (χ1) is 14.2. The Labute approximate surface area is 174 Å². The number of anilines is 1. The van der Waals surface area contributed by atoms with Gasteiger partial charge in [0.1, 0.15) is 12.3 Å². The number of hydrogen-bond acceptors (Lipinski definition) is 6. The van der Waals surface area contributed by atoms with Crippen molar-refractivity contribution in [3.05, 3.63) is 48.5 Å². The summed E-state index contributed by atoms with van der Waals surface area (Å²) in [6.45, 7) is 1.80. The second-order valence-corrected chi connectivity index (χ2v) is 8.45. The molecule has 30 heavy (non-hydrogen) atoms. The van der Waals surface area contributed by atoms with Crippen LogP contribution in [-0.4, -0.2) is 43.4 Å². The SMILES string of the molecule is CCOc1ccc(N(CC(=O)N=Nc2c(O)n(C)c3ccccc23)S(C)(=O)=O)cc1. The highest BCUT2D eigenvalue weighted by atomic mass is 32.2. The summed E-state index contributed by atoms with van der Waals surface area (Å²) in [5.74, 6) is -0.326. The van der Waals surface area contributed by atoms with E-state index in [1.54, 1.807) is 49.5 Å². The molecule has 10 heteroatoms. The molecule has 158 valence electrons. The molecular weight excluding hydrogens is 408 g/mol. The third kappa shape index (κ3) is 4.43. The van der Waals surface area contributed by atoms with E-state index in [1.807, 2.05) is 13.0 Å². The van der Waals surface area contributed by atoms with Crippen LogP contribution in [-0.2, 0) is 21.9 Å². The smallest absolute Gasteiger partial charge is 0.285 e. The van der Waals surface area contributed by atoms with Gasteiger partial charge in [0.05, 0.1) is 24.1 Å². The molecule has 3 rings (SSSR count). The molecule has 0 spiro atoms. The van der Waals surface area contributed by atoms with Crippen LogP contribution in [0.5, 0.6) is 11.6 Å². The number of aryl methyl sites for hydroxylation is 1. The minimum absolute atomic E-state index is 0.140. The van der Waals surface area contributed by atoms with Crippen LogP contribution in [0.2, 0.25) is 0 Å². The average Bonchev–Trinajstić information content (AvgIpc) is 2.95. The van der Waals surface area contributed by atoms with Crippen LogP contribution in [0.15, 0.2) is 58.8 Å². The lowest BCUT2D eigenvalue weighted by molar-refractivity contribution is -0.116. The lowest BCUT2D eigenvalue weighted by Crippen LogP contribution is -2.34. The lowest BCUT2D eigenvalue weighted by Gasteiger charge is -2.20. The van der Waals surface area contributed by atoms with E-state index in [9.17, 15) is 18.3 Å². The van der Waals surface area contributed by atoms with E-state index in [2.05, 4.69) is 10.2 Å². The normalized spacial score (nSPS) is 11.8. The Bertz CT molecular complexity index is 1200. The summed E-state index contributed by atoms with van der Waals surface area (Å²) < 4.78 is 32.2. The first-order valence-electron chi connectivity index (χ1n) is 9.14. The molecule has 9 nitrogen and oxygen atoms in total. The fourth-order valence-electron chi connectivity index (χ4n) is 2.99. The Kier molecular flexibility index (Phi) is 6.06. The first kappa shape index (κ1) is 21.3. The van der Waals surface area contributed by atoms with Gasteiger partial charge in [-0.1, -0.05) is 18.2 Å². The highest BCUT2D eigenvalue weighted by Gasteiger charge is 2.21. The number of rotatable bonds is 7. The molecule has 0 aliphatic carbocycles. The van der Waals surface area contributed by atoms with Crippen molar-refractivity contribution in [3.63, 3.8) is 0 Å². The summed E-state index contributed by atoms with van der Waals surface area (Å²) >= 11 is 0. The number of aromatic nitrogens is 1. The Morgan fingerprint density at radius 1 is 1.17 bits per heavy atom. The van der Waals surface area contributed by atoms with Gasteiger partial charge < -0.3 is 14.4 Å². The van der Waals surface area contributed by atoms with E-state index < -0.39 is 22.5 Å². The summed E-state index contributed by atoms with van der Waals surface area (Å²) in [6, 6.07) is 13.5. The van der Waals surface area contributed by atoms with Gasteiger partial charge >= 0.3 is 0 Å². The third-order valence-corrected chi connectivity index (χ3v) is 5.57. The molecule has 0 bridgehead atoms. The summed E-state index contributed by atoms with van der Waals surface area (Å²) in [6.07, 6.45) is 1.00. The third-order valence-electron chi connectivity index (χ3n) is 4.43. The topological polar surface area (TPSA) is 114 Å². The average molecular weight is 430 g/mol. The van der Waals surface area contributed by atoms with Crippen molar-refractivity contribution in [2.45, 2.75) is 6.92 Å². The quantitative estimate of drug-likeness (QED) is 0.578. The largest absolute Gasteiger partial charge is 0.494 e. The van der Waals surface area contributed by atoms with Gasteiger partial charge in [-0.15, -0.1) is 10.2 Å². The molecule has 0 unspecified atom stereocenters. The van der Waals surface area contributed by atoms with Gasteiger partial charge in [-0.2, -0.15) is 0 Å². The fourth-order valence-corrected chi connectivity index (χ4v) is 3.84. The number of carbonyl (C=O) groups excluding carboxylic acids is 1. The van der Waals surface area contributed by atoms with Gasteiger partial charge in [0.25, 0.3) is 5.91 Å². The van der Waals surface area contributed by atoms with Gasteiger partial charge in [-0.3, -0.25) is 9.10 Å². The maximum atomic E-state index is 12.4. The number of benzene rings is 2. The molecule has 0 radical (unpaired) electrons. The van der Waals surface area contributed by atoms with Crippen LogP contribution in [0.3, 0.4) is 0 Å². The highest BCUT2D eigenvalue weighted by Crippen LogP contribution is 2.37. The zero-order valence-corrected chi connectivity index (χ0v) is 17.6. The second-order valence-electron chi connectivity index (χ2n) is 6.54. The van der Waals surface area contributed by atoms with Crippen LogP contribution in [0.1, 0.15) is 6.92 Å². The van der Waals surface area contributed by atoms with Crippen LogP contribution < -0.4 is 9.04 Å². The number of hydrogen-bond donors (Lipinski definition) is 1. The van der Waals surface area contributed by atoms with E-state index in [0.717, 1.165) is 16.1 Å². The lowest BCUT2D eigenvalue weighted by atomic mass is 10.2. The summed E-state index contributed by atoms with van der Waals surface area (Å²) in [5.41, 5.74) is 1.18. The van der Waals surface area contributed by atoms with Crippen molar-refractivity contribution < 1.29 is 23.1 Å². The number of nitrogens with zero attached hydrogens (tertiary/aromatic N) is 4. The Hall–Kier alpha value is -3.40. The molecule has 3 aromatic rings. The number of sulfonamides is 1. The van der Waals surface area contributed by atoms with Gasteiger partial charge in [-0.25, -0.2) is 8.42 Å². The number of ether oxygens (including phenoxy) is 1. The molecule has 1 N–H and O–H groups in total. The molecule has 0 saturated heterocycles. The van der Waals surface area contributed by atoms with Crippen molar-refractivity contribution in [1.82, 2.24) is 4.57 Å². The molecule has 1 amide bonds. The van der Waals surface area contributed by atoms with Gasteiger partial charge in [0.15, 0.2) is 5.69 Å². The number of fused-ring (bicyclic) bond motifs is 1. The number of azo groups is 1. The first-order valence-corrected chi connectivity index (χ1v) is 11.0.